The van der Waals surface area contributed by atoms with E-state index in [0.717, 1.165) is 12.1 Å². The van der Waals surface area contributed by atoms with Crippen LogP contribution in [0, 0.1) is 23.0 Å². The summed E-state index contributed by atoms with van der Waals surface area (Å²) in [6, 6.07) is 3.33. The minimum absolute atomic E-state index is 0.0177. The van der Waals surface area contributed by atoms with E-state index < -0.39 is 28.9 Å². The highest BCUT2D eigenvalue weighted by atomic mass is 19.2. The fourth-order valence-electron chi connectivity index (χ4n) is 1.77. The summed E-state index contributed by atoms with van der Waals surface area (Å²) >= 11 is 0. The maximum atomic E-state index is 13.0. The van der Waals surface area contributed by atoms with Gasteiger partial charge in [0.05, 0.1) is 5.41 Å². The minimum atomic E-state index is -1.17. The predicted molar refractivity (Wildman–Crippen MR) is 73.4 cm³/mol. The summed E-state index contributed by atoms with van der Waals surface area (Å²) in [5.74, 6) is -3.65. The van der Waals surface area contributed by atoms with Crippen LogP contribution in [-0.2, 0) is 16.1 Å². The van der Waals surface area contributed by atoms with E-state index >= 15 is 0 Å². The summed E-state index contributed by atoms with van der Waals surface area (Å²) in [6.45, 7) is 4.99. The van der Waals surface area contributed by atoms with Crippen molar-refractivity contribution in [3.05, 3.63) is 35.4 Å². The molecule has 21 heavy (non-hydrogen) atoms. The van der Waals surface area contributed by atoms with Gasteiger partial charge in [-0.1, -0.05) is 19.9 Å². The van der Waals surface area contributed by atoms with Crippen LogP contribution in [-0.4, -0.2) is 17.0 Å². The Hall–Kier alpha value is -1.98. The van der Waals surface area contributed by atoms with Crippen molar-refractivity contribution >= 4 is 11.9 Å². The number of nitrogens with one attached hydrogen (secondary N) is 1. The number of benzene rings is 1. The standard InChI is InChI=1S/C15H19F2NO3/c1-9(2)15(3,14(20)21)7-13(19)18-8-10-4-5-11(16)12(17)6-10/h4-6,9H,7-8H2,1-3H3,(H,18,19)(H,20,21). The number of halogens is 2. The van der Waals surface area contributed by atoms with Crippen LogP contribution in [0.3, 0.4) is 0 Å². The molecule has 1 rings (SSSR count). The largest absolute Gasteiger partial charge is 0.481 e. The first-order valence-corrected chi connectivity index (χ1v) is 6.61. The van der Waals surface area contributed by atoms with Gasteiger partial charge in [-0.15, -0.1) is 0 Å². The molecular formula is C15H19F2NO3. The van der Waals surface area contributed by atoms with Crippen molar-refractivity contribution in [2.75, 3.05) is 0 Å². The number of amides is 1. The van der Waals surface area contributed by atoms with Gasteiger partial charge in [-0.3, -0.25) is 9.59 Å². The lowest BCUT2D eigenvalue weighted by molar-refractivity contribution is -0.153. The molecule has 1 atom stereocenters. The van der Waals surface area contributed by atoms with E-state index in [1.807, 2.05) is 0 Å². The zero-order valence-electron chi connectivity index (χ0n) is 12.2. The molecule has 1 unspecified atom stereocenters. The Balaban J connectivity index is 2.65. The second kappa shape index (κ2) is 6.65. The van der Waals surface area contributed by atoms with Gasteiger partial charge in [0.1, 0.15) is 0 Å². The lowest BCUT2D eigenvalue weighted by Gasteiger charge is -2.28. The van der Waals surface area contributed by atoms with E-state index in [-0.39, 0.29) is 18.9 Å². The minimum Gasteiger partial charge on any atom is -0.481 e. The van der Waals surface area contributed by atoms with Gasteiger partial charge in [0.2, 0.25) is 5.91 Å². The molecule has 2 N–H and O–H groups in total. The van der Waals surface area contributed by atoms with Gasteiger partial charge in [0.25, 0.3) is 0 Å². The van der Waals surface area contributed by atoms with Crippen LogP contribution in [0.5, 0.6) is 0 Å². The molecule has 4 nitrogen and oxygen atoms in total. The monoisotopic (exact) mass is 299 g/mol. The smallest absolute Gasteiger partial charge is 0.310 e. The molecule has 0 saturated carbocycles. The van der Waals surface area contributed by atoms with Crippen LogP contribution in [0.1, 0.15) is 32.8 Å². The van der Waals surface area contributed by atoms with Crippen molar-refractivity contribution in [1.29, 1.82) is 0 Å². The number of carbonyl (C=O) groups excluding carboxylic acids is 1. The number of hydrogen-bond acceptors (Lipinski definition) is 2. The molecule has 0 bridgehead atoms. The first-order chi connectivity index (χ1) is 9.66. The molecule has 0 aliphatic carbocycles. The third kappa shape index (κ3) is 4.24. The van der Waals surface area contributed by atoms with Gasteiger partial charge in [0.15, 0.2) is 11.6 Å². The molecule has 0 fully saturated rings. The van der Waals surface area contributed by atoms with Gasteiger partial charge in [-0.2, -0.15) is 0 Å². The Labute approximate surface area is 122 Å². The molecule has 6 heteroatoms. The predicted octanol–water partition coefficient (Wildman–Crippen LogP) is 2.72. The molecule has 1 amide bonds. The first-order valence-electron chi connectivity index (χ1n) is 6.61. The maximum Gasteiger partial charge on any atom is 0.310 e. The molecule has 0 heterocycles. The highest BCUT2D eigenvalue weighted by Crippen LogP contribution is 2.31. The molecule has 1 aromatic carbocycles. The van der Waals surface area contributed by atoms with Gasteiger partial charge >= 0.3 is 5.97 Å². The quantitative estimate of drug-likeness (QED) is 0.848. The Morgan fingerprint density at radius 2 is 1.90 bits per heavy atom. The van der Waals surface area contributed by atoms with Crippen molar-refractivity contribution in [3.8, 4) is 0 Å². The third-order valence-corrected chi connectivity index (χ3v) is 3.76. The summed E-state index contributed by atoms with van der Waals surface area (Å²) < 4.78 is 25.8. The average molecular weight is 299 g/mol. The molecule has 1 aromatic rings. The Kier molecular flexibility index (Phi) is 5.41. The molecular weight excluding hydrogens is 280 g/mol. The van der Waals surface area contributed by atoms with Crippen LogP contribution < -0.4 is 5.32 Å². The molecule has 0 aliphatic heterocycles. The average Bonchev–Trinajstić information content (AvgIpc) is 2.39. The Bertz CT molecular complexity index is 546. The third-order valence-electron chi connectivity index (χ3n) is 3.76. The van der Waals surface area contributed by atoms with E-state index in [1.165, 1.54) is 13.0 Å². The zero-order valence-corrected chi connectivity index (χ0v) is 12.2. The van der Waals surface area contributed by atoms with Crippen molar-refractivity contribution in [2.24, 2.45) is 11.3 Å². The lowest BCUT2D eigenvalue weighted by atomic mass is 9.76. The summed E-state index contributed by atoms with van der Waals surface area (Å²) in [5, 5.41) is 11.8. The first kappa shape index (κ1) is 17.1. The van der Waals surface area contributed by atoms with Crippen LogP contribution in [0.4, 0.5) is 8.78 Å². The zero-order chi connectivity index (χ0) is 16.2. The van der Waals surface area contributed by atoms with Crippen molar-refractivity contribution < 1.29 is 23.5 Å². The highest BCUT2D eigenvalue weighted by molar-refractivity contribution is 5.84. The summed E-state index contributed by atoms with van der Waals surface area (Å²) in [7, 11) is 0. The molecule has 0 radical (unpaired) electrons. The summed E-state index contributed by atoms with van der Waals surface area (Å²) in [6.07, 6.45) is -0.177. The van der Waals surface area contributed by atoms with E-state index in [1.54, 1.807) is 13.8 Å². The number of carboxylic acids is 1. The van der Waals surface area contributed by atoms with Crippen LogP contribution in [0.15, 0.2) is 18.2 Å². The number of carbonyl (C=O) groups is 2. The van der Waals surface area contributed by atoms with Crippen molar-refractivity contribution in [2.45, 2.75) is 33.7 Å². The molecule has 116 valence electrons. The second-order valence-corrected chi connectivity index (χ2v) is 5.58. The number of carboxylic acid groups (broad SMARTS) is 1. The van der Waals surface area contributed by atoms with E-state index in [0.29, 0.717) is 5.56 Å². The lowest BCUT2D eigenvalue weighted by Crippen LogP contribution is -2.39. The van der Waals surface area contributed by atoms with Gasteiger partial charge in [-0.05, 0) is 30.5 Å². The normalized spacial score (nSPS) is 13.8. The van der Waals surface area contributed by atoms with Gasteiger partial charge < -0.3 is 10.4 Å². The topological polar surface area (TPSA) is 66.4 Å². The van der Waals surface area contributed by atoms with Crippen molar-refractivity contribution in [1.82, 2.24) is 5.32 Å². The molecule has 0 aliphatic rings. The highest BCUT2D eigenvalue weighted by Gasteiger charge is 2.38. The molecule has 0 saturated heterocycles. The van der Waals surface area contributed by atoms with Gasteiger partial charge in [-0.25, -0.2) is 8.78 Å². The van der Waals surface area contributed by atoms with Gasteiger partial charge in [0, 0.05) is 13.0 Å². The van der Waals surface area contributed by atoms with E-state index in [9.17, 15) is 23.5 Å². The van der Waals surface area contributed by atoms with E-state index in [2.05, 4.69) is 5.32 Å². The number of rotatable bonds is 6. The Morgan fingerprint density at radius 3 is 2.38 bits per heavy atom. The molecule has 0 spiro atoms. The van der Waals surface area contributed by atoms with E-state index in [4.69, 9.17) is 0 Å². The molecule has 0 aromatic heterocycles. The van der Waals surface area contributed by atoms with Crippen LogP contribution in [0.2, 0.25) is 0 Å². The SMILES string of the molecule is CC(C)C(C)(CC(=O)NCc1ccc(F)c(F)c1)C(=O)O. The number of hydrogen-bond donors (Lipinski definition) is 2. The fraction of sp³-hybridized carbons (Fsp3) is 0.467. The van der Waals surface area contributed by atoms with Crippen LogP contribution in [0.25, 0.3) is 0 Å². The summed E-state index contributed by atoms with van der Waals surface area (Å²) in [5.41, 5.74) is -0.762. The van der Waals surface area contributed by atoms with Crippen molar-refractivity contribution in [3.63, 3.8) is 0 Å². The summed E-state index contributed by atoms with van der Waals surface area (Å²) in [4.78, 5) is 23.1. The fourth-order valence-corrected chi connectivity index (χ4v) is 1.77. The number of aliphatic carboxylic acids is 1. The van der Waals surface area contributed by atoms with Crippen LogP contribution >= 0.6 is 0 Å². The Morgan fingerprint density at radius 1 is 1.29 bits per heavy atom. The maximum absolute atomic E-state index is 13.0. The second-order valence-electron chi connectivity index (χ2n) is 5.58.